The van der Waals surface area contributed by atoms with Crippen LogP contribution in [0.1, 0.15) is 59.2 Å². The second kappa shape index (κ2) is 16.0. The minimum absolute atomic E-state index is 0. The van der Waals surface area contributed by atoms with E-state index in [4.69, 9.17) is 28.4 Å². The molecule has 50 heavy (non-hydrogen) atoms. The van der Waals surface area contributed by atoms with E-state index in [0.29, 0.717) is 46.3 Å². The van der Waals surface area contributed by atoms with Crippen LogP contribution in [0.15, 0.2) is 78.9 Å². The molecule has 0 fully saturated rings. The molecule has 3 unspecified atom stereocenters. The van der Waals surface area contributed by atoms with Gasteiger partial charge in [-0.2, -0.15) is 0 Å². The van der Waals surface area contributed by atoms with Gasteiger partial charge in [0.1, 0.15) is 11.5 Å². The molecule has 4 aromatic rings. The molecule has 0 N–H and O–H groups in total. The molecule has 11 heteroatoms. The van der Waals surface area contributed by atoms with Crippen molar-refractivity contribution in [2.45, 2.75) is 25.2 Å². The van der Waals surface area contributed by atoms with Crippen molar-refractivity contribution in [1.82, 2.24) is 4.90 Å². The number of methoxy groups -OCH3 is 2. The van der Waals surface area contributed by atoms with Crippen LogP contribution in [0.3, 0.4) is 0 Å². The van der Waals surface area contributed by atoms with Crippen molar-refractivity contribution in [3.8, 4) is 34.1 Å². The van der Waals surface area contributed by atoms with Crippen LogP contribution in [0, 0.1) is 5.92 Å². The minimum atomic E-state index is -0.829. The molecule has 6 rings (SSSR count). The monoisotopic (exact) mass is 689 g/mol. The molecule has 0 saturated carbocycles. The number of nitrogens with zero attached hydrogens (tertiary/aromatic N) is 1. The minimum Gasteiger partial charge on any atom is -1.00 e. The van der Waals surface area contributed by atoms with Crippen molar-refractivity contribution in [3.05, 3.63) is 107 Å². The number of carbonyl (C=O) groups excluding carboxylic acids is 3. The number of rotatable bonds is 11. The Balaban J connectivity index is 0.00000292. The van der Waals surface area contributed by atoms with E-state index in [1.807, 2.05) is 73.7 Å². The van der Waals surface area contributed by atoms with E-state index in [0.717, 1.165) is 28.7 Å². The molecule has 0 aromatic heterocycles. The first-order valence-corrected chi connectivity index (χ1v) is 16.1. The normalized spacial score (nSPS) is 16.9. The molecule has 1 aliphatic carbocycles. The van der Waals surface area contributed by atoms with Crippen molar-refractivity contribution in [1.29, 1.82) is 0 Å². The number of likely N-dealkylation sites (N-methyl/N-ethyl adjacent to an activating group) is 1. The molecule has 1 heterocycles. The number of hydrogen-bond donors (Lipinski definition) is 0. The van der Waals surface area contributed by atoms with Gasteiger partial charge < -0.3 is 34.7 Å². The van der Waals surface area contributed by atoms with Crippen LogP contribution in [0.4, 0.5) is 0 Å². The second-order valence-electron chi connectivity index (χ2n) is 12.1. The molecule has 10 nitrogen and oxygen atoms in total. The van der Waals surface area contributed by atoms with E-state index in [-0.39, 0.29) is 43.7 Å². The maximum atomic E-state index is 14.5. The van der Waals surface area contributed by atoms with Gasteiger partial charge in [0.25, 0.3) is 5.91 Å². The maximum absolute atomic E-state index is 14.5. The van der Waals surface area contributed by atoms with E-state index in [2.05, 4.69) is 0 Å². The first-order valence-electron chi connectivity index (χ1n) is 16.1. The van der Waals surface area contributed by atoms with Crippen LogP contribution in [-0.4, -0.2) is 71.1 Å². The number of esters is 2. The van der Waals surface area contributed by atoms with E-state index in [1.54, 1.807) is 33.3 Å². The van der Waals surface area contributed by atoms with Crippen LogP contribution >= 0.6 is 0 Å². The third-order valence-corrected chi connectivity index (χ3v) is 9.00. The number of ether oxygens (including phenoxy) is 6. The molecule has 1 aliphatic heterocycles. The van der Waals surface area contributed by atoms with Crippen LogP contribution in [-0.2, 0) is 19.1 Å². The summed E-state index contributed by atoms with van der Waals surface area (Å²) in [5.41, 5.74) is 5.00. The van der Waals surface area contributed by atoms with Crippen LogP contribution in [0.25, 0.3) is 11.1 Å². The first kappa shape index (κ1) is 36.8. The van der Waals surface area contributed by atoms with E-state index in [1.165, 1.54) is 12.0 Å². The largest absolute Gasteiger partial charge is 1.00 e. The fourth-order valence-electron chi connectivity index (χ4n) is 6.65. The molecular weight excluding hydrogens is 649 g/mol. The zero-order valence-corrected chi connectivity index (χ0v) is 31.2. The van der Waals surface area contributed by atoms with Gasteiger partial charge in [0, 0.05) is 25.9 Å². The zero-order chi connectivity index (χ0) is 34.7. The number of carbonyl (C=O) groups is 3. The van der Waals surface area contributed by atoms with Crippen molar-refractivity contribution in [2.75, 3.05) is 48.3 Å². The summed E-state index contributed by atoms with van der Waals surface area (Å²) in [5, 5.41) is 0. The summed E-state index contributed by atoms with van der Waals surface area (Å²) in [4.78, 5) is 41.6. The first-order chi connectivity index (χ1) is 23.7. The summed E-state index contributed by atoms with van der Waals surface area (Å²) < 4.78 is 34.1. The third kappa shape index (κ3) is 7.19. The standard InChI is InChI=1S/C39H39NO9.Na.H/c1-6-17-46-25-13-15-28-31(20-25)36(27-14-12-24(44-4)19-30(27)26-9-7-8-10-29(26)38(42)45-5)37(39(43)47-21-34(41)40(2)3)35(28)23-11-16-32-33(18-23)49-22-48-32;;/h7-16,18-20,35-37H,6,17,21-22H2,1-5H3;;/q;+1;-1. The predicted molar refractivity (Wildman–Crippen MR) is 183 cm³/mol. The quantitative estimate of drug-likeness (QED) is 0.173. The molecule has 0 saturated heterocycles. The van der Waals surface area contributed by atoms with Gasteiger partial charge in [-0.25, -0.2) is 4.79 Å². The molecule has 0 bridgehead atoms. The summed E-state index contributed by atoms with van der Waals surface area (Å²) in [7, 11) is 6.14. The van der Waals surface area contributed by atoms with Crippen LogP contribution in [0.5, 0.6) is 23.0 Å². The van der Waals surface area contributed by atoms with Gasteiger partial charge in [-0.1, -0.05) is 43.3 Å². The van der Waals surface area contributed by atoms with Gasteiger partial charge in [-0.3, -0.25) is 9.59 Å². The fraction of sp³-hybridized carbons (Fsp3) is 0.308. The molecule has 0 radical (unpaired) electrons. The molecule has 0 spiro atoms. The Kier molecular flexibility index (Phi) is 11.8. The Labute approximate surface area is 315 Å². The van der Waals surface area contributed by atoms with Gasteiger partial charge in [-0.05, 0) is 82.3 Å². The van der Waals surface area contributed by atoms with Crippen LogP contribution in [0.2, 0.25) is 0 Å². The van der Waals surface area contributed by atoms with Gasteiger partial charge in [0.15, 0.2) is 18.1 Å². The van der Waals surface area contributed by atoms with Gasteiger partial charge >= 0.3 is 41.5 Å². The smallest absolute Gasteiger partial charge is 1.00 e. The van der Waals surface area contributed by atoms with E-state index in [9.17, 15) is 14.4 Å². The molecule has 4 aromatic carbocycles. The van der Waals surface area contributed by atoms with Crippen molar-refractivity contribution in [2.24, 2.45) is 5.92 Å². The Morgan fingerprint density at radius 2 is 1.56 bits per heavy atom. The van der Waals surface area contributed by atoms with Crippen LogP contribution < -0.4 is 48.5 Å². The number of hydrogen-bond acceptors (Lipinski definition) is 9. The van der Waals surface area contributed by atoms with Crippen molar-refractivity contribution < 1.29 is 73.8 Å². The van der Waals surface area contributed by atoms with Gasteiger partial charge in [0.05, 0.1) is 32.3 Å². The zero-order valence-electron chi connectivity index (χ0n) is 30.2. The topological polar surface area (TPSA) is 110 Å². The number of fused-ring (bicyclic) bond motifs is 2. The van der Waals surface area contributed by atoms with E-state index < -0.39 is 36.3 Å². The Bertz CT molecular complexity index is 1900. The molecule has 1 amide bonds. The Morgan fingerprint density at radius 3 is 2.30 bits per heavy atom. The fourth-order valence-corrected chi connectivity index (χ4v) is 6.65. The van der Waals surface area contributed by atoms with Gasteiger partial charge in [-0.15, -0.1) is 0 Å². The average Bonchev–Trinajstić information content (AvgIpc) is 3.74. The Hall–Kier alpha value is -4.51. The van der Waals surface area contributed by atoms with E-state index >= 15 is 0 Å². The molecular formula is C39H40NNaO9. The molecule has 256 valence electrons. The van der Waals surface area contributed by atoms with Gasteiger partial charge in [0.2, 0.25) is 6.79 Å². The average molecular weight is 690 g/mol. The van der Waals surface area contributed by atoms with Crippen molar-refractivity contribution >= 4 is 17.8 Å². The molecule has 2 aliphatic rings. The summed E-state index contributed by atoms with van der Waals surface area (Å²) in [5.74, 6) is -0.868. The number of benzene rings is 4. The third-order valence-electron chi connectivity index (χ3n) is 9.00. The maximum Gasteiger partial charge on any atom is 1.00 e. The Morgan fingerprint density at radius 1 is 0.820 bits per heavy atom. The number of amides is 1. The molecule has 3 atom stereocenters. The summed E-state index contributed by atoms with van der Waals surface area (Å²) >= 11 is 0. The SMILES string of the molecule is CCCOc1ccc2c(c1)C(c1ccc(OC)cc1-c1ccccc1C(=O)OC)C(C(=O)OCC(=O)N(C)C)C2c1ccc2c(c1)OCO2.[H-].[Na+]. The summed E-state index contributed by atoms with van der Waals surface area (Å²) in [6, 6.07) is 24.3. The summed E-state index contributed by atoms with van der Waals surface area (Å²) in [6.07, 6.45) is 0.822. The predicted octanol–water partition coefficient (Wildman–Crippen LogP) is 3.31. The summed E-state index contributed by atoms with van der Waals surface area (Å²) in [6.45, 7) is 2.25. The van der Waals surface area contributed by atoms with Crippen molar-refractivity contribution in [3.63, 3.8) is 0 Å². The second-order valence-corrected chi connectivity index (χ2v) is 12.1.